The second-order valence-electron chi connectivity index (χ2n) is 5.13. The molecule has 0 unspecified atom stereocenters. The molecule has 114 valence electrons. The number of hydrogen-bond donors (Lipinski definition) is 0. The predicted octanol–water partition coefficient (Wildman–Crippen LogP) is -1.47. The monoisotopic (exact) mass is 301 g/mol. The molecule has 8 nitrogen and oxygen atoms in total. The first kappa shape index (κ1) is 14.2. The number of nitrogens with zero attached hydrogens (tertiary/aromatic N) is 4. The molecule has 0 radical (unpaired) electrons. The van der Waals surface area contributed by atoms with Gasteiger partial charge in [-0.15, -0.1) is 5.10 Å². The summed E-state index contributed by atoms with van der Waals surface area (Å²) < 4.78 is 0.954. The van der Waals surface area contributed by atoms with E-state index in [2.05, 4.69) is 10.3 Å². The lowest BCUT2D eigenvalue weighted by molar-refractivity contribution is -0.310. The van der Waals surface area contributed by atoms with E-state index in [0.29, 0.717) is 30.3 Å². The Morgan fingerprint density at radius 3 is 2.86 bits per heavy atom. The molecule has 0 saturated carbocycles. The topological polar surface area (TPSA) is 108 Å². The van der Waals surface area contributed by atoms with E-state index in [-0.39, 0.29) is 6.54 Å². The SMILES string of the molecule is O=C([O-])[C@H]1CCCN1C(=O)Cn1nnc2ccccc2c1=O. The Hall–Kier alpha value is -2.77. The highest BCUT2D eigenvalue weighted by molar-refractivity contribution is 5.83. The molecular weight excluding hydrogens is 288 g/mol. The second-order valence-corrected chi connectivity index (χ2v) is 5.13. The number of carboxylic acids is 1. The minimum Gasteiger partial charge on any atom is -0.548 e. The van der Waals surface area contributed by atoms with Crippen LogP contribution < -0.4 is 10.7 Å². The molecule has 8 heteroatoms. The quantitative estimate of drug-likeness (QED) is 0.685. The Labute approximate surface area is 125 Å². The molecular formula is C14H13N4O4-. The van der Waals surface area contributed by atoms with Crippen molar-refractivity contribution in [3.63, 3.8) is 0 Å². The average molecular weight is 301 g/mol. The number of likely N-dealkylation sites (tertiary alicyclic amines) is 1. The smallest absolute Gasteiger partial charge is 0.278 e. The standard InChI is InChI=1S/C14H14N4O4/c19-12(17-7-3-6-11(17)14(21)22)8-18-13(20)9-4-1-2-5-10(9)15-16-18/h1-2,4-5,11H,3,6-8H2,(H,21,22)/p-1/t11-/m1/s1. The van der Waals surface area contributed by atoms with Crippen molar-refractivity contribution in [1.82, 2.24) is 19.9 Å². The molecule has 2 heterocycles. The van der Waals surface area contributed by atoms with Crippen molar-refractivity contribution in [2.75, 3.05) is 6.54 Å². The maximum Gasteiger partial charge on any atom is 0.278 e. The van der Waals surface area contributed by atoms with Gasteiger partial charge in [0, 0.05) is 6.54 Å². The normalized spacial score (nSPS) is 17.8. The van der Waals surface area contributed by atoms with Crippen molar-refractivity contribution in [3.05, 3.63) is 34.6 Å². The zero-order valence-electron chi connectivity index (χ0n) is 11.6. The summed E-state index contributed by atoms with van der Waals surface area (Å²) in [5.41, 5.74) is 0.0214. The van der Waals surface area contributed by atoms with Crippen LogP contribution in [0.1, 0.15) is 12.8 Å². The third kappa shape index (κ3) is 2.43. The molecule has 1 aromatic carbocycles. The number of amides is 1. The maximum absolute atomic E-state index is 12.3. The van der Waals surface area contributed by atoms with Crippen molar-refractivity contribution in [3.8, 4) is 0 Å². The van der Waals surface area contributed by atoms with Crippen LogP contribution in [0.3, 0.4) is 0 Å². The molecule has 1 aliphatic rings. The highest BCUT2D eigenvalue weighted by Gasteiger charge is 2.29. The number of fused-ring (bicyclic) bond motifs is 1. The van der Waals surface area contributed by atoms with Gasteiger partial charge < -0.3 is 14.8 Å². The van der Waals surface area contributed by atoms with E-state index in [4.69, 9.17) is 0 Å². The Balaban J connectivity index is 1.87. The molecule has 1 saturated heterocycles. The van der Waals surface area contributed by atoms with Crippen molar-refractivity contribution in [2.45, 2.75) is 25.4 Å². The van der Waals surface area contributed by atoms with Gasteiger partial charge in [-0.1, -0.05) is 17.3 Å². The van der Waals surface area contributed by atoms with Gasteiger partial charge in [0.1, 0.15) is 12.1 Å². The first-order chi connectivity index (χ1) is 10.6. The van der Waals surface area contributed by atoms with Crippen molar-refractivity contribution < 1.29 is 14.7 Å². The fourth-order valence-electron chi connectivity index (χ4n) is 2.66. The number of carbonyl (C=O) groups is 2. The fraction of sp³-hybridized carbons (Fsp3) is 0.357. The van der Waals surface area contributed by atoms with Gasteiger partial charge in [0.15, 0.2) is 0 Å². The molecule has 0 spiro atoms. The predicted molar refractivity (Wildman–Crippen MR) is 73.5 cm³/mol. The lowest BCUT2D eigenvalue weighted by Crippen LogP contribution is -2.48. The zero-order chi connectivity index (χ0) is 15.7. The van der Waals surface area contributed by atoms with Gasteiger partial charge in [0.2, 0.25) is 5.91 Å². The molecule has 2 aromatic rings. The molecule has 0 aliphatic carbocycles. The van der Waals surface area contributed by atoms with Gasteiger partial charge in [-0.3, -0.25) is 9.59 Å². The Bertz CT molecular complexity index is 801. The molecule has 22 heavy (non-hydrogen) atoms. The molecule has 1 amide bonds. The van der Waals surface area contributed by atoms with Crippen LogP contribution in [0.2, 0.25) is 0 Å². The van der Waals surface area contributed by atoms with Crippen molar-refractivity contribution in [1.29, 1.82) is 0 Å². The highest BCUT2D eigenvalue weighted by Crippen LogP contribution is 2.17. The number of hydrogen-bond acceptors (Lipinski definition) is 6. The minimum absolute atomic E-state index is 0.333. The van der Waals surface area contributed by atoms with Crippen LogP contribution in [0.15, 0.2) is 29.1 Å². The summed E-state index contributed by atoms with van der Waals surface area (Å²) in [4.78, 5) is 36.7. The van der Waals surface area contributed by atoms with Crippen LogP contribution in [0.4, 0.5) is 0 Å². The summed E-state index contributed by atoms with van der Waals surface area (Å²) in [7, 11) is 0. The summed E-state index contributed by atoms with van der Waals surface area (Å²) in [6.07, 6.45) is 0.967. The van der Waals surface area contributed by atoms with Crippen molar-refractivity contribution >= 4 is 22.8 Å². The van der Waals surface area contributed by atoms with Gasteiger partial charge >= 0.3 is 0 Å². The molecule has 1 aromatic heterocycles. The fourth-order valence-corrected chi connectivity index (χ4v) is 2.66. The number of aliphatic carboxylic acids is 1. The Kier molecular flexibility index (Phi) is 3.58. The van der Waals surface area contributed by atoms with Gasteiger partial charge in [-0.05, 0) is 25.0 Å². The number of aromatic nitrogens is 3. The van der Waals surface area contributed by atoms with Crippen LogP contribution in [0.25, 0.3) is 10.9 Å². The molecule has 1 aliphatic heterocycles. The van der Waals surface area contributed by atoms with Gasteiger partial charge in [0.05, 0.1) is 17.4 Å². The Morgan fingerprint density at radius 1 is 1.32 bits per heavy atom. The van der Waals surface area contributed by atoms with Crippen LogP contribution in [-0.2, 0) is 16.1 Å². The summed E-state index contributed by atoms with van der Waals surface area (Å²) in [5, 5.41) is 19.0. The third-order valence-corrected chi connectivity index (χ3v) is 3.76. The van der Waals surface area contributed by atoms with E-state index in [0.717, 1.165) is 4.68 Å². The molecule has 0 bridgehead atoms. The molecule has 0 N–H and O–H groups in total. The van der Waals surface area contributed by atoms with Crippen LogP contribution >= 0.6 is 0 Å². The van der Waals surface area contributed by atoms with E-state index in [1.807, 2.05) is 0 Å². The van der Waals surface area contributed by atoms with Crippen LogP contribution in [0.5, 0.6) is 0 Å². The average Bonchev–Trinajstić information content (AvgIpc) is 3.00. The second kappa shape index (κ2) is 5.55. The minimum atomic E-state index is -1.28. The summed E-state index contributed by atoms with van der Waals surface area (Å²) in [6.45, 7) is 0.00763. The van der Waals surface area contributed by atoms with E-state index < -0.39 is 23.5 Å². The summed E-state index contributed by atoms with van der Waals surface area (Å²) in [5.74, 6) is -1.75. The highest BCUT2D eigenvalue weighted by atomic mass is 16.4. The largest absolute Gasteiger partial charge is 0.548 e. The number of rotatable bonds is 3. The summed E-state index contributed by atoms with van der Waals surface area (Å²) in [6, 6.07) is 5.76. The first-order valence-corrected chi connectivity index (χ1v) is 6.91. The van der Waals surface area contributed by atoms with Crippen LogP contribution in [0, 0.1) is 0 Å². The number of carboxylic acid groups (broad SMARTS) is 1. The lowest BCUT2D eigenvalue weighted by Gasteiger charge is -2.25. The third-order valence-electron chi connectivity index (χ3n) is 3.76. The van der Waals surface area contributed by atoms with E-state index in [1.165, 1.54) is 4.90 Å². The Morgan fingerprint density at radius 2 is 2.09 bits per heavy atom. The van der Waals surface area contributed by atoms with E-state index in [1.54, 1.807) is 24.3 Å². The lowest BCUT2D eigenvalue weighted by atomic mass is 10.2. The van der Waals surface area contributed by atoms with Gasteiger partial charge in [-0.2, -0.15) is 0 Å². The van der Waals surface area contributed by atoms with E-state index in [9.17, 15) is 19.5 Å². The van der Waals surface area contributed by atoms with Gasteiger partial charge in [0.25, 0.3) is 5.56 Å². The zero-order valence-corrected chi connectivity index (χ0v) is 11.6. The number of benzene rings is 1. The molecule has 3 rings (SSSR count). The first-order valence-electron chi connectivity index (χ1n) is 6.91. The van der Waals surface area contributed by atoms with Crippen LogP contribution in [-0.4, -0.2) is 44.4 Å². The van der Waals surface area contributed by atoms with Gasteiger partial charge in [-0.25, -0.2) is 4.68 Å². The molecule has 1 fully saturated rings. The maximum atomic E-state index is 12.3. The van der Waals surface area contributed by atoms with Crippen molar-refractivity contribution in [2.24, 2.45) is 0 Å². The molecule has 1 atom stereocenters. The summed E-state index contributed by atoms with van der Waals surface area (Å²) >= 11 is 0. The number of carbonyl (C=O) groups excluding carboxylic acids is 2. The van der Waals surface area contributed by atoms with E-state index >= 15 is 0 Å².